The molecular formula is C17H19N3. The van der Waals surface area contributed by atoms with Crippen LogP contribution in [-0.2, 0) is 0 Å². The minimum atomic E-state index is 0.283. The van der Waals surface area contributed by atoms with Crippen LogP contribution in [0.1, 0.15) is 43.2 Å². The van der Waals surface area contributed by atoms with Gasteiger partial charge in [0.15, 0.2) is 0 Å². The standard InChI is InChI=1S/C17H19N3/c1-11-7-13(9-14(19)8-11)15-5-4-12(10-18)17-16(15)3-2-6-20-17/h2-6,11,13-14H,7-9,19H2,1H3/t11-,13+,14-/m1/s1. The van der Waals surface area contributed by atoms with Crippen LogP contribution in [-0.4, -0.2) is 11.0 Å². The molecule has 3 nitrogen and oxygen atoms in total. The zero-order valence-electron chi connectivity index (χ0n) is 11.7. The highest BCUT2D eigenvalue weighted by atomic mass is 14.7. The fraction of sp³-hybridized carbons (Fsp3) is 0.412. The Morgan fingerprint density at radius 2 is 2.10 bits per heavy atom. The first-order chi connectivity index (χ1) is 9.69. The second-order valence-corrected chi connectivity index (χ2v) is 5.98. The minimum absolute atomic E-state index is 0.283. The third kappa shape index (κ3) is 2.28. The maximum atomic E-state index is 9.21. The number of nitrogens with two attached hydrogens (primary N) is 1. The molecule has 1 aromatic carbocycles. The Morgan fingerprint density at radius 1 is 1.25 bits per heavy atom. The van der Waals surface area contributed by atoms with Gasteiger partial charge in [-0.1, -0.05) is 19.1 Å². The predicted octanol–water partition coefficient (Wildman–Crippen LogP) is 3.34. The van der Waals surface area contributed by atoms with Crippen molar-refractivity contribution in [2.45, 2.75) is 38.1 Å². The van der Waals surface area contributed by atoms with Crippen LogP contribution >= 0.6 is 0 Å². The smallest absolute Gasteiger partial charge is 0.101 e. The largest absolute Gasteiger partial charge is 0.328 e. The first-order valence-electron chi connectivity index (χ1n) is 7.22. The molecule has 0 radical (unpaired) electrons. The molecule has 1 fully saturated rings. The number of fused-ring (bicyclic) bond motifs is 1. The van der Waals surface area contributed by atoms with Crippen LogP contribution in [0, 0.1) is 17.2 Å². The molecule has 0 unspecified atom stereocenters. The highest BCUT2D eigenvalue weighted by Crippen LogP contribution is 2.38. The fourth-order valence-corrected chi connectivity index (χ4v) is 3.55. The van der Waals surface area contributed by atoms with Gasteiger partial charge in [0.05, 0.1) is 11.1 Å². The van der Waals surface area contributed by atoms with Gasteiger partial charge < -0.3 is 5.73 Å². The summed E-state index contributed by atoms with van der Waals surface area (Å²) >= 11 is 0. The van der Waals surface area contributed by atoms with Crippen molar-refractivity contribution in [3.63, 3.8) is 0 Å². The summed E-state index contributed by atoms with van der Waals surface area (Å²) in [6, 6.07) is 10.5. The van der Waals surface area contributed by atoms with E-state index in [4.69, 9.17) is 5.73 Å². The van der Waals surface area contributed by atoms with E-state index in [1.807, 2.05) is 12.1 Å². The van der Waals surface area contributed by atoms with Gasteiger partial charge in [0, 0.05) is 17.6 Å². The Morgan fingerprint density at radius 3 is 2.85 bits per heavy atom. The number of pyridine rings is 1. The molecule has 0 aliphatic heterocycles. The van der Waals surface area contributed by atoms with E-state index in [0.29, 0.717) is 17.4 Å². The number of nitriles is 1. The van der Waals surface area contributed by atoms with Crippen LogP contribution in [0.4, 0.5) is 0 Å². The molecule has 0 saturated heterocycles. The third-order valence-corrected chi connectivity index (χ3v) is 4.34. The lowest BCUT2D eigenvalue weighted by Crippen LogP contribution is -2.31. The fourth-order valence-electron chi connectivity index (χ4n) is 3.55. The van der Waals surface area contributed by atoms with Gasteiger partial charge in [-0.15, -0.1) is 0 Å². The van der Waals surface area contributed by atoms with Crippen LogP contribution < -0.4 is 5.73 Å². The first-order valence-corrected chi connectivity index (χ1v) is 7.22. The molecule has 1 heterocycles. The molecular weight excluding hydrogens is 246 g/mol. The van der Waals surface area contributed by atoms with Gasteiger partial charge in [0.2, 0.25) is 0 Å². The highest BCUT2D eigenvalue weighted by Gasteiger charge is 2.26. The van der Waals surface area contributed by atoms with Gasteiger partial charge in [-0.2, -0.15) is 5.26 Å². The van der Waals surface area contributed by atoms with E-state index in [2.05, 4.69) is 30.1 Å². The highest BCUT2D eigenvalue weighted by molar-refractivity contribution is 5.87. The number of nitrogens with zero attached hydrogens (tertiary/aromatic N) is 2. The van der Waals surface area contributed by atoms with Crippen molar-refractivity contribution in [2.24, 2.45) is 11.7 Å². The van der Waals surface area contributed by atoms with Gasteiger partial charge in [-0.05, 0) is 48.8 Å². The number of benzene rings is 1. The summed E-state index contributed by atoms with van der Waals surface area (Å²) in [5.74, 6) is 1.14. The molecule has 0 bridgehead atoms. The van der Waals surface area contributed by atoms with Crippen LogP contribution in [0.3, 0.4) is 0 Å². The Hall–Kier alpha value is -1.92. The third-order valence-electron chi connectivity index (χ3n) is 4.34. The van der Waals surface area contributed by atoms with Gasteiger partial charge in [0.1, 0.15) is 6.07 Å². The van der Waals surface area contributed by atoms with Gasteiger partial charge >= 0.3 is 0 Å². The first kappa shape index (κ1) is 13.1. The quantitative estimate of drug-likeness (QED) is 0.860. The van der Waals surface area contributed by atoms with Crippen LogP contribution in [0.25, 0.3) is 10.9 Å². The lowest BCUT2D eigenvalue weighted by molar-refractivity contribution is 0.309. The topological polar surface area (TPSA) is 62.7 Å². The molecule has 20 heavy (non-hydrogen) atoms. The van der Waals surface area contributed by atoms with E-state index in [1.54, 1.807) is 6.20 Å². The maximum Gasteiger partial charge on any atom is 0.101 e. The molecule has 1 aromatic heterocycles. The number of hydrogen-bond acceptors (Lipinski definition) is 3. The molecule has 0 amide bonds. The van der Waals surface area contributed by atoms with Crippen molar-refractivity contribution in [1.29, 1.82) is 5.26 Å². The number of hydrogen-bond donors (Lipinski definition) is 1. The molecule has 3 rings (SSSR count). The van der Waals surface area contributed by atoms with Crippen LogP contribution in [0.15, 0.2) is 30.5 Å². The molecule has 1 aliphatic carbocycles. The zero-order valence-corrected chi connectivity index (χ0v) is 11.7. The maximum absolute atomic E-state index is 9.21. The predicted molar refractivity (Wildman–Crippen MR) is 80.2 cm³/mol. The van der Waals surface area contributed by atoms with E-state index in [1.165, 1.54) is 12.0 Å². The lowest BCUT2D eigenvalue weighted by atomic mass is 9.75. The van der Waals surface area contributed by atoms with Gasteiger partial charge in [-0.3, -0.25) is 4.98 Å². The molecule has 1 saturated carbocycles. The normalized spacial score (nSPS) is 26.4. The average molecular weight is 265 g/mol. The second-order valence-electron chi connectivity index (χ2n) is 5.98. The monoisotopic (exact) mass is 265 g/mol. The Bertz CT molecular complexity index is 661. The number of aromatic nitrogens is 1. The van der Waals surface area contributed by atoms with Crippen LogP contribution in [0.2, 0.25) is 0 Å². The van der Waals surface area contributed by atoms with E-state index in [9.17, 15) is 5.26 Å². The van der Waals surface area contributed by atoms with E-state index >= 15 is 0 Å². The number of rotatable bonds is 1. The summed E-state index contributed by atoms with van der Waals surface area (Å²) in [7, 11) is 0. The summed E-state index contributed by atoms with van der Waals surface area (Å²) in [5, 5.41) is 10.3. The summed E-state index contributed by atoms with van der Waals surface area (Å²) in [6.07, 6.45) is 5.06. The van der Waals surface area contributed by atoms with Crippen molar-refractivity contribution in [3.05, 3.63) is 41.6 Å². The summed E-state index contributed by atoms with van der Waals surface area (Å²) < 4.78 is 0. The molecule has 3 heteroatoms. The average Bonchev–Trinajstić information content (AvgIpc) is 2.45. The molecule has 1 aliphatic rings. The molecule has 0 spiro atoms. The minimum Gasteiger partial charge on any atom is -0.328 e. The molecule has 102 valence electrons. The summed E-state index contributed by atoms with van der Waals surface area (Å²) in [5.41, 5.74) is 8.95. The zero-order chi connectivity index (χ0) is 14.1. The molecule has 2 aromatic rings. The van der Waals surface area contributed by atoms with Crippen molar-refractivity contribution in [3.8, 4) is 6.07 Å². The summed E-state index contributed by atoms with van der Waals surface area (Å²) in [4.78, 5) is 4.39. The van der Waals surface area contributed by atoms with Crippen molar-refractivity contribution in [2.75, 3.05) is 0 Å². The van der Waals surface area contributed by atoms with Crippen LogP contribution in [0.5, 0.6) is 0 Å². The Kier molecular flexibility index (Phi) is 3.42. The summed E-state index contributed by atoms with van der Waals surface area (Å²) in [6.45, 7) is 2.27. The second kappa shape index (κ2) is 5.22. The van der Waals surface area contributed by atoms with Crippen molar-refractivity contribution < 1.29 is 0 Å². The Balaban J connectivity index is 2.11. The van der Waals surface area contributed by atoms with Crippen molar-refractivity contribution in [1.82, 2.24) is 4.98 Å². The van der Waals surface area contributed by atoms with E-state index in [0.717, 1.165) is 23.7 Å². The molecule has 3 atom stereocenters. The SMILES string of the molecule is C[C@H]1C[C@@H](N)C[C@@H](c2ccc(C#N)c3ncccc23)C1. The Labute approximate surface area is 119 Å². The van der Waals surface area contributed by atoms with Gasteiger partial charge in [-0.25, -0.2) is 0 Å². The van der Waals surface area contributed by atoms with E-state index in [-0.39, 0.29) is 6.04 Å². The lowest BCUT2D eigenvalue weighted by Gasteiger charge is -2.32. The molecule has 2 N–H and O–H groups in total. The van der Waals surface area contributed by atoms with E-state index < -0.39 is 0 Å². The van der Waals surface area contributed by atoms with Gasteiger partial charge in [0.25, 0.3) is 0 Å². The van der Waals surface area contributed by atoms with Crippen molar-refractivity contribution >= 4 is 10.9 Å².